The fourth-order valence-corrected chi connectivity index (χ4v) is 3.43. The molecule has 4 nitrogen and oxygen atoms in total. The third-order valence-electron chi connectivity index (χ3n) is 3.20. The van der Waals surface area contributed by atoms with E-state index in [1.807, 2.05) is 16.7 Å². The molecule has 17 heavy (non-hydrogen) atoms. The first-order chi connectivity index (χ1) is 8.07. The van der Waals surface area contributed by atoms with Gasteiger partial charge in [-0.15, -0.1) is 0 Å². The lowest BCUT2D eigenvalue weighted by Gasteiger charge is -2.38. The summed E-state index contributed by atoms with van der Waals surface area (Å²) < 4.78 is 5.57. The lowest BCUT2D eigenvalue weighted by Crippen LogP contribution is -2.49. The molecular formula is C12H22N2O2S. The first-order valence-corrected chi connectivity index (χ1v) is 7.28. The molecule has 2 aliphatic heterocycles. The molecule has 1 amide bonds. The van der Waals surface area contributed by atoms with E-state index >= 15 is 0 Å². The molecule has 0 saturated carbocycles. The fourth-order valence-electron chi connectivity index (χ4n) is 2.32. The Hall–Kier alpha value is -0.260. The van der Waals surface area contributed by atoms with Crippen LogP contribution in [-0.2, 0) is 9.53 Å². The zero-order valence-electron chi connectivity index (χ0n) is 10.7. The molecule has 98 valence electrons. The van der Waals surface area contributed by atoms with Gasteiger partial charge in [-0.2, -0.15) is 11.8 Å². The largest absolute Gasteiger partial charge is 0.378 e. The molecule has 2 aliphatic rings. The number of rotatable bonds is 2. The van der Waals surface area contributed by atoms with Gasteiger partial charge in [0, 0.05) is 42.6 Å². The summed E-state index contributed by atoms with van der Waals surface area (Å²) >= 11 is 1.95. The Balaban J connectivity index is 1.82. The zero-order valence-corrected chi connectivity index (χ0v) is 11.5. The van der Waals surface area contributed by atoms with Crippen molar-refractivity contribution in [2.75, 3.05) is 38.6 Å². The number of ether oxygens (including phenoxy) is 1. The molecule has 5 heteroatoms. The summed E-state index contributed by atoms with van der Waals surface area (Å²) in [5.74, 6) is 1.31. The molecular weight excluding hydrogens is 236 g/mol. The summed E-state index contributed by atoms with van der Waals surface area (Å²) in [6.07, 6.45) is 0.570. The zero-order chi connectivity index (χ0) is 12.3. The number of nitrogens with one attached hydrogen (secondary N) is 1. The van der Waals surface area contributed by atoms with E-state index in [0.717, 1.165) is 32.0 Å². The minimum atomic E-state index is 0.199. The lowest BCUT2D eigenvalue weighted by atomic mass is 10.1. The minimum absolute atomic E-state index is 0.199. The highest BCUT2D eigenvalue weighted by Gasteiger charge is 2.30. The Morgan fingerprint density at radius 2 is 2.41 bits per heavy atom. The second-order valence-electron chi connectivity index (χ2n) is 5.35. The summed E-state index contributed by atoms with van der Waals surface area (Å²) in [7, 11) is 0. The number of amides is 1. The van der Waals surface area contributed by atoms with Crippen LogP contribution >= 0.6 is 11.8 Å². The molecule has 0 bridgehead atoms. The van der Waals surface area contributed by atoms with Gasteiger partial charge in [0.25, 0.3) is 0 Å². The van der Waals surface area contributed by atoms with E-state index in [0.29, 0.717) is 13.0 Å². The first kappa shape index (κ1) is 13.2. The van der Waals surface area contributed by atoms with E-state index in [2.05, 4.69) is 19.2 Å². The van der Waals surface area contributed by atoms with Crippen LogP contribution < -0.4 is 5.32 Å². The number of hydrogen-bond donors (Lipinski definition) is 1. The molecule has 2 heterocycles. The van der Waals surface area contributed by atoms with Crippen molar-refractivity contribution in [3.63, 3.8) is 0 Å². The van der Waals surface area contributed by atoms with Crippen LogP contribution in [0.15, 0.2) is 0 Å². The van der Waals surface area contributed by atoms with Crippen LogP contribution in [0.25, 0.3) is 0 Å². The number of morpholine rings is 1. The van der Waals surface area contributed by atoms with E-state index in [9.17, 15) is 4.79 Å². The Labute approximate surface area is 107 Å². The molecule has 0 aromatic carbocycles. The van der Waals surface area contributed by atoms with Crippen LogP contribution in [0, 0.1) is 0 Å². The number of thioether (sulfide) groups is 1. The lowest BCUT2D eigenvalue weighted by molar-refractivity contribution is -0.132. The maximum atomic E-state index is 12.2. The fraction of sp³-hybridized carbons (Fsp3) is 0.917. The van der Waals surface area contributed by atoms with E-state index in [1.165, 1.54) is 0 Å². The monoisotopic (exact) mass is 258 g/mol. The van der Waals surface area contributed by atoms with Crippen LogP contribution in [-0.4, -0.2) is 60.2 Å². The van der Waals surface area contributed by atoms with Gasteiger partial charge in [0.15, 0.2) is 0 Å². The van der Waals surface area contributed by atoms with Crippen molar-refractivity contribution in [1.29, 1.82) is 0 Å². The molecule has 0 aromatic heterocycles. The molecule has 2 saturated heterocycles. The molecule has 0 aromatic rings. The van der Waals surface area contributed by atoms with Gasteiger partial charge in [-0.3, -0.25) is 4.79 Å². The van der Waals surface area contributed by atoms with E-state index in [-0.39, 0.29) is 16.7 Å². The number of carbonyl (C=O) groups excluding carboxylic acids is 1. The third-order valence-corrected chi connectivity index (χ3v) is 4.50. The highest BCUT2D eigenvalue weighted by Crippen LogP contribution is 2.29. The van der Waals surface area contributed by atoms with Gasteiger partial charge in [-0.05, 0) is 13.8 Å². The molecule has 1 N–H and O–H groups in total. The van der Waals surface area contributed by atoms with Gasteiger partial charge in [-0.25, -0.2) is 0 Å². The predicted molar refractivity (Wildman–Crippen MR) is 70.3 cm³/mol. The van der Waals surface area contributed by atoms with Crippen molar-refractivity contribution in [2.24, 2.45) is 0 Å². The van der Waals surface area contributed by atoms with Crippen LogP contribution in [0.1, 0.15) is 20.3 Å². The van der Waals surface area contributed by atoms with E-state index in [1.54, 1.807) is 0 Å². The summed E-state index contributed by atoms with van der Waals surface area (Å²) in [6, 6.07) is 0.203. The standard InChI is InChI=1S/C12H22N2O2S/c1-12(2)9-14(4-6-17-12)11(15)7-10-8-16-5-3-13-10/h10,13H,3-9H2,1-2H3. The summed E-state index contributed by atoms with van der Waals surface area (Å²) in [5, 5.41) is 3.33. The first-order valence-electron chi connectivity index (χ1n) is 6.30. The highest BCUT2D eigenvalue weighted by molar-refractivity contribution is 8.00. The average molecular weight is 258 g/mol. The number of carbonyl (C=O) groups is 1. The van der Waals surface area contributed by atoms with Crippen molar-refractivity contribution < 1.29 is 9.53 Å². The second kappa shape index (κ2) is 5.59. The van der Waals surface area contributed by atoms with Crippen LogP contribution in [0.3, 0.4) is 0 Å². The predicted octanol–water partition coefficient (Wildman–Crippen LogP) is 0.719. The Morgan fingerprint density at radius 3 is 3.06 bits per heavy atom. The maximum absolute atomic E-state index is 12.2. The van der Waals surface area contributed by atoms with Crippen molar-refractivity contribution in [2.45, 2.75) is 31.1 Å². The molecule has 0 aliphatic carbocycles. The van der Waals surface area contributed by atoms with Gasteiger partial charge in [-0.1, -0.05) is 0 Å². The van der Waals surface area contributed by atoms with Gasteiger partial charge in [0.1, 0.15) is 0 Å². The highest BCUT2D eigenvalue weighted by atomic mass is 32.2. The number of hydrogen-bond acceptors (Lipinski definition) is 4. The Kier molecular flexibility index (Phi) is 4.33. The normalized spacial score (nSPS) is 29.1. The molecule has 1 unspecified atom stereocenters. The molecule has 0 radical (unpaired) electrons. The number of nitrogens with zero attached hydrogens (tertiary/aromatic N) is 1. The SMILES string of the molecule is CC1(C)CN(C(=O)CC2COCCN2)CCS1. The van der Waals surface area contributed by atoms with Crippen LogP contribution in [0.4, 0.5) is 0 Å². The molecule has 0 spiro atoms. The van der Waals surface area contributed by atoms with Gasteiger partial charge in [0.2, 0.25) is 5.91 Å². The maximum Gasteiger partial charge on any atom is 0.224 e. The van der Waals surface area contributed by atoms with Crippen LogP contribution in [0.5, 0.6) is 0 Å². The Morgan fingerprint density at radius 1 is 1.59 bits per heavy atom. The van der Waals surface area contributed by atoms with E-state index in [4.69, 9.17) is 4.74 Å². The molecule has 1 atom stereocenters. The second-order valence-corrected chi connectivity index (χ2v) is 7.16. The van der Waals surface area contributed by atoms with Crippen molar-refractivity contribution in [1.82, 2.24) is 10.2 Å². The average Bonchev–Trinajstić information content (AvgIpc) is 2.29. The summed E-state index contributed by atoms with van der Waals surface area (Å²) in [5.41, 5.74) is 0. The summed E-state index contributed by atoms with van der Waals surface area (Å²) in [4.78, 5) is 14.2. The summed E-state index contributed by atoms with van der Waals surface area (Å²) in [6.45, 7) is 8.46. The van der Waals surface area contributed by atoms with Gasteiger partial charge >= 0.3 is 0 Å². The molecule has 2 fully saturated rings. The van der Waals surface area contributed by atoms with E-state index < -0.39 is 0 Å². The van der Waals surface area contributed by atoms with Crippen LogP contribution in [0.2, 0.25) is 0 Å². The third kappa shape index (κ3) is 3.86. The van der Waals surface area contributed by atoms with Crippen molar-refractivity contribution in [3.8, 4) is 0 Å². The van der Waals surface area contributed by atoms with Crippen molar-refractivity contribution in [3.05, 3.63) is 0 Å². The van der Waals surface area contributed by atoms with Gasteiger partial charge in [0.05, 0.1) is 13.2 Å². The topological polar surface area (TPSA) is 41.6 Å². The quantitative estimate of drug-likeness (QED) is 0.792. The Bertz CT molecular complexity index is 278. The minimum Gasteiger partial charge on any atom is -0.378 e. The smallest absolute Gasteiger partial charge is 0.224 e. The molecule has 2 rings (SSSR count). The van der Waals surface area contributed by atoms with Crippen molar-refractivity contribution >= 4 is 17.7 Å². The van der Waals surface area contributed by atoms with Gasteiger partial charge < -0.3 is 15.0 Å².